The number of fused-ring (bicyclic) bond motifs is 1. The number of carbonyl (C=O) groups excluding carboxylic acids is 3. The lowest BCUT2D eigenvalue weighted by Gasteiger charge is -2.07. The number of esters is 1. The lowest BCUT2D eigenvalue weighted by Crippen LogP contribution is -2.41. The van der Waals surface area contributed by atoms with Crippen LogP contribution in [0.5, 0.6) is 0 Å². The van der Waals surface area contributed by atoms with Crippen molar-refractivity contribution in [3.8, 4) is 0 Å². The molecule has 3 aromatic rings. The molecule has 3 rings (SSSR count). The fourth-order valence-corrected chi connectivity index (χ4v) is 2.96. The first kappa shape index (κ1) is 18.3. The van der Waals surface area contributed by atoms with E-state index in [1.54, 1.807) is 24.3 Å². The highest BCUT2D eigenvalue weighted by molar-refractivity contribution is 7.09. The van der Waals surface area contributed by atoms with Gasteiger partial charge in [0.2, 0.25) is 0 Å². The summed E-state index contributed by atoms with van der Waals surface area (Å²) in [5.74, 6) is -1.65. The van der Waals surface area contributed by atoms with Crippen LogP contribution in [0.3, 0.4) is 0 Å². The quantitative estimate of drug-likeness (QED) is 0.579. The molecule has 0 radical (unpaired) electrons. The molecule has 8 nitrogen and oxygen atoms in total. The zero-order valence-corrected chi connectivity index (χ0v) is 14.8. The fraction of sp³-hybridized carbons (Fsp3) is 0.111. The summed E-state index contributed by atoms with van der Waals surface area (Å²) in [6.07, 6.45) is 0. The largest absolute Gasteiger partial charge is 0.451 e. The number of urea groups is 1. The monoisotopic (exact) mass is 385 g/mol. The Morgan fingerprint density at radius 3 is 2.70 bits per heavy atom. The van der Waals surface area contributed by atoms with Crippen molar-refractivity contribution < 1.29 is 19.1 Å². The number of hydrogen-bond acceptors (Lipinski definition) is 6. The molecule has 3 amide bonds. The van der Waals surface area contributed by atoms with Gasteiger partial charge in [0.1, 0.15) is 5.69 Å². The summed E-state index contributed by atoms with van der Waals surface area (Å²) in [7, 11) is 0. The summed E-state index contributed by atoms with van der Waals surface area (Å²) in [6, 6.07) is 11.2. The van der Waals surface area contributed by atoms with Crippen LogP contribution in [0.1, 0.15) is 15.4 Å². The SMILES string of the molecule is O=C(COC(=O)c1cc2ccccc2c(=O)[nH]1)NC(=O)NCc1cccs1. The van der Waals surface area contributed by atoms with E-state index in [0.29, 0.717) is 10.8 Å². The smallest absolute Gasteiger partial charge is 0.355 e. The predicted molar refractivity (Wildman–Crippen MR) is 99.5 cm³/mol. The first-order valence-corrected chi connectivity index (χ1v) is 8.80. The zero-order chi connectivity index (χ0) is 19.2. The molecule has 2 heterocycles. The molecule has 0 aliphatic carbocycles. The number of rotatable bonds is 5. The normalized spacial score (nSPS) is 10.4. The lowest BCUT2D eigenvalue weighted by molar-refractivity contribution is -0.123. The average molecular weight is 385 g/mol. The van der Waals surface area contributed by atoms with Gasteiger partial charge in [0.15, 0.2) is 6.61 Å². The number of benzene rings is 1. The number of ether oxygens (including phenoxy) is 1. The van der Waals surface area contributed by atoms with Gasteiger partial charge in [0, 0.05) is 10.3 Å². The van der Waals surface area contributed by atoms with Gasteiger partial charge in [0.25, 0.3) is 11.5 Å². The Hall–Kier alpha value is -3.46. The number of amides is 3. The standard InChI is InChI=1S/C18H15N3O5S/c22-15(21-18(25)19-9-12-5-3-7-27-12)10-26-17(24)14-8-11-4-1-2-6-13(11)16(23)20-14/h1-8H,9-10H2,(H,20,23)(H2,19,21,22,25). The minimum absolute atomic E-state index is 0.0753. The van der Waals surface area contributed by atoms with Gasteiger partial charge in [-0.15, -0.1) is 11.3 Å². The van der Waals surface area contributed by atoms with Gasteiger partial charge in [-0.05, 0) is 29.0 Å². The number of thiophene rings is 1. The van der Waals surface area contributed by atoms with Crippen LogP contribution in [0.15, 0.2) is 52.6 Å². The van der Waals surface area contributed by atoms with E-state index in [2.05, 4.69) is 15.6 Å². The summed E-state index contributed by atoms with van der Waals surface area (Å²) in [4.78, 5) is 50.7. The molecule has 2 aromatic heterocycles. The van der Waals surface area contributed by atoms with Crippen LogP contribution in [-0.4, -0.2) is 29.5 Å². The Kier molecular flexibility index (Phi) is 5.62. The minimum Gasteiger partial charge on any atom is -0.451 e. The number of aromatic nitrogens is 1. The third-order valence-electron chi connectivity index (χ3n) is 3.56. The Morgan fingerprint density at radius 1 is 1.11 bits per heavy atom. The summed E-state index contributed by atoms with van der Waals surface area (Å²) in [6.45, 7) is -0.366. The van der Waals surface area contributed by atoms with Gasteiger partial charge in [0.05, 0.1) is 6.54 Å². The number of hydrogen-bond donors (Lipinski definition) is 3. The average Bonchev–Trinajstić information content (AvgIpc) is 3.18. The molecule has 27 heavy (non-hydrogen) atoms. The van der Waals surface area contributed by atoms with Gasteiger partial charge in [-0.1, -0.05) is 24.3 Å². The highest BCUT2D eigenvalue weighted by atomic mass is 32.1. The third-order valence-corrected chi connectivity index (χ3v) is 4.44. The van der Waals surface area contributed by atoms with Crippen LogP contribution in [0.25, 0.3) is 10.8 Å². The van der Waals surface area contributed by atoms with Crippen LogP contribution in [0, 0.1) is 0 Å². The van der Waals surface area contributed by atoms with Gasteiger partial charge in [-0.2, -0.15) is 0 Å². The van der Waals surface area contributed by atoms with Crippen LogP contribution in [0.2, 0.25) is 0 Å². The first-order chi connectivity index (χ1) is 13.0. The maximum atomic E-state index is 12.0. The summed E-state index contributed by atoms with van der Waals surface area (Å²) in [5.41, 5.74) is -0.508. The van der Waals surface area contributed by atoms with Gasteiger partial charge < -0.3 is 15.0 Å². The highest BCUT2D eigenvalue weighted by Crippen LogP contribution is 2.10. The van der Waals surface area contributed by atoms with Crippen LogP contribution >= 0.6 is 11.3 Å². The molecule has 0 fully saturated rings. The summed E-state index contributed by atoms with van der Waals surface area (Å²) in [5, 5.41) is 7.46. The Labute approximate surface area is 157 Å². The van der Waals surface area contributed by atoms with Crippen molar-refractivity contribution in [3.63, 3.8) is 0 Å². The molecule has 1 aromatic carbocycles. The van der Waals surface area contributed by atoms with Crippen LogP contribution < -0.4 is 16.2 Å². The number of H-pyrrole nitrogens is 1. The molecule has 9 heteroatoms. The van der Waals surface area contributed by atoms with E-state index < -0.39 is 30.1 Å². The predicted octanol–water partition coefficient (Wildman–Crippen LogP) is 1.77. The van der Waals surface area contributed by atoms with Crippen molar-refractivity contribution in [3.05, 3.63) is 68.8 Å². The van der Waals surface area contributed by atoms with E-state index in [1.807, 2.05) is 17.5 Å². The van der Waals surface area contributed by atoms with Gasteiger partial charge in [-0.25, -0.2) is 9.59 Å². The number of pyridine rings is 1. The molecule has 0 bridgehead atoms. The van der Waals surface area contributed by atoms with Gasteiger partial charge in [-0.3, -0.25) is 14.9 Å². The Morgan fingerprint density at radius 2 is 1.93 bits per heavy atom. The van der Waals surface area contributed by atoms with Crippen molar-refractivity contribution in [2.75, 3.05) is 6.61 Å². The second kappa shape index (κ2) is 8.28. The van der Waals surface area contributed by atoms with Crippen molar-refractivity contribution in [1.29, 1.82) is 0 Å². The topological polar surface area (TPSA) is 117 Å². The second-order valence-electron chi connectivity index (χ2n) is 5.49. The second-order valence-corrected chi connectivity index (χ2v) is 6.52. The molecular formula is C18H15N3O5S. The van der Waals surface area contributed by atoms with E-state index in [1.165, 1.54) is 17.4 Å². The molecule has 0 aliphatic rings. The maximum Gasteiger partial charge on any atom is 0.355 e. The maximum absolute atomic E-state index is 12.0. The molecule has 0 unspecified atom stereocenters. The number of imide groups is 1. The lowest BCUT2D eigenvalue weighted by atomic mass is 10.1. The van der Waals surface area contributed by atoms with E-state index in [-0.39, 0.29) is 12.2 Å². The van der Waals surface area contributed by atoms with Crippen LogP contribution in [-0.2, 0) is 16.1 Å². The summed E-state index contributed by atoms with van der Waals surface area (Å²) < 4.78 is 4.85. The van der Waals surface area contributed by atoms with E-state index in [0.717, 1.165) is 4.88 Å². The molecule has 0 saturated carbocycles. The van der Waals surface area contributed by atoms with E-state index in [4.69, 9.17) is 4.74 Å². The summed E-state index contributed by atoms with van der Waals surface area (Å²) >= 11 is 1.47. The van der Waals surface area contributed by atoms with Crippen molar-refractivity contribution >= 4 is 40.0 Å². The molecular weight excluding hydrogens is 370 g/mol. The Bertz CT molecular complexity index is 1040. The molecule has 0 atom stereocenters. The van der Waals surface area contributed by atoms with Crippen LogP contribution in [0.4, 0.5) is 4.79 Å². The van der Waals surface area contributed by atoms with Gasteiger partial charge >= 0.3 is 12.0 Å². The number of nitrogens with one attached hydrogen (secondary N) is 3. The molecule has 3 N–H and O–H groups in total. The fourth-order valence-electron chi connectivity index (χ4n) is 2.32. The van der Waals surface area contributed by atoms with Crippen molar-refractivity contribution in [1.82, 2.24) is 15.6 Å². The molecule has 0 aliphatic heterocycles. The molecule has 0 saturated heterocycles. The first-order valence-electron chi connectivity index (χ1n) is 7.92. The minimum atomic E-state index is -0.869. The molecule has 138 valence electrons. The van der Waals surface area contributed by atoms with E-state index in [9.17, 15) is 19.2 Å². The van der Waals surface area contributed by atoms with Crippen molar-refractivity contribution in [2.24, 2.45) is 0 Å². The Balaban J connectivity index is 1.52. The zero-order valence-electron chi connectivity index (χ0n) is 14.0. The number of carbonyl (C=O) groups is 3. The van der Waals surface area contributed by atoms with Crippen molar-refractivity contribution in [2.45, 2.75) is 6.54 Å². The third kappa shape index (κ3) is 4.79. The van der Waals surface area contributed by atoms with E-state index >= 15 is 0 Å². The number of aromatic amines is 1. The highest BCUT2D eigenvalue weighted by Gasteiger charge is 2.14. The molecule has 0 spiro atoms.